The molecule has 0 bridgehead atoms. The molecule has 140 valence electrons. The van der Waals surface area contributed by atoms with Crippen LogP contribution in [0.3, 0.4) is 0 Å². The SMILES string of the molecule is Cc1ccc(NC(=O)Cn2cnc3c(cnn3-c3ccccc3)c2=O)c(Br)c1. The average molecular weight is 438 g/mol. The number of halogens is 1. The number of aromatic nitrogens is 4. The minimum Gasteiger partial charge on any atom is -0.324 e. The molecule has 0 aliphatic rings. The number of hydrogen-bond donors (Lipinski definition) is 1. The van der Waals surface area contributed by atoms with Crippen molar-refractivity contribution in [3.8, 4) is 5.69 Å². The minimum absolute atomic E-state index is 0.140. The second kappa shape index (κ2) is 7.40. The summed E-state index contributed by atoms with van der Waals surface area (Å²) in [7, 11) is 0. The fourth-order valence-electron chi connectivity index (χ4n) is 2.89. The van der Waals surface area contributed by atoms with Crippen molar-refractivity contribution in [3.05, 3.63) is 81.4 Å². The number of carbonyl (C=O) groups is 1. The molecule has 0 unspecified atom stereocenters. The first-order valence-corrected chi connectivity index (χ1v) is 9.37. The highest BCUT2D eigenvalue weighted by atomic mass is 79.9. The molecular weight excluding hydrogens is 422 g/mol. The van der Waals surface area contributed by atoms with E-state index >= 15 is 0 Å². The van der Waals surface area contributed by atoms with Crippen LogP contribution in [0, 0.1) is 6.92 Å². The van der Waals surface area contributed by atoms with Gasteiger partial charge in [-0.2, -0.15) is 5.10 Å². The van der Waals surface area contributed by atoms with Crippen molar-refractivity contribution >= 4 is 38.6 Å². The van der Waals surface area contributed by atoms with Gasteiger partial charge in [-0.25, -0.2) is 9.67 Å². The van der Waals surface area contributed by atoms with Gasteiger partial charge in [0.1, 0.15) is 18.3 Å². The van der Waals surface area contributed by atoms with Gasteiger partial charge in [0, 0.05) is 4.47 Å². The zero-order valence-corrected chi connectivity index (χ0v) is 16.5. The Morgan fingerprint density at radius 2 is 1.96 bits per heavy atom. The molecule has 1 N–H and O–H groups in total. The van der Waals surface area contributed by atoms with Crippen LogP contribution < -0.4 is 10.9 Å². The standard InChI is InChI=1S/C20H16BrN5O2/c1-13-7-8-17(16(21)9-13)24-18(27)11-25-12-22-19-15(20(25)28)10-23-26(19)14-5-3-2-4-6-14/h2-10,12H,11H2,1H3,(H,24,27). The van der Waals surface area contributed by atoms with E-state index in [-0.39, 0.29) is 18.0 Å². The van der Waals surface area contributed by atoms with E-state index in [9.17, 15) is 9.59 Å². The Morgan fingerprint density at radius 1 is 1.18 bits per heavy atom. The fraction of sp³-hybridized carbons (Fsp3) is 0.100. The van der Waals surface area contributed by atoms with Crippen molar-refractivity contribution in [2.24, 2.45) is 0 Å². The van der Waals surface area contributed by atoms with Gasteiger partial charge in [0.25, 0.3) is 5.56 Å². The quantitative estimate of drug-likeness (QED) is 0.530. The number of carbonyl (C=O) groups excluding carboxylic acids is 1. The van der Waals surface area contributed by atoms with Gasteiger partial charge in [-0.15, -0.1) is 0 Å². The van der Waals surface area contributed by atoms with Crippen LogP contribution in [0.1, 0.15) is 5.56 Å². The van der Waals surface area contributed by atoms with Crippen molar-refractivity contribution in [2.75, 3.05) is 5.32 Å². The predicted molar refractivity (Wildman–Crippen MR) is 111 cm³/mol. The van der Waals surface area contributed by atoms with Gasteiger partial charge in [-0.3, -0.25) is 14.2 Å². The van der Waals surface area contributed by atoms with Crippen LogP contribution in [-0.4, -0.2) is 25.2 Å². The third kappa shape index (κ3) is 3.46. The molecule has 7 nitrogen and oxygen atoms in total. The number of nitrogens with one attached hydrogen (secondary N) is 1. The molecule has 0 fully saturated rings. The molecule has 0 saturated carbocycles. The first-order valence-electron chi connectivity index (χ1n) is 8.57. The predicted octanol–water partition coefficient (Wildman–Crippen LogP) is 3.29. The van der Waals surface area contributed by atoms with E-state index in [1.807, 2.05) is 55.5 Å². The van der Waals surface area contributed by atoms with Crippen molar-refractivity contribution < 1.29 is 4.79 Å². The van der Waals surface area contributed by atoms with Gasteiger partial charge in [-0.1, -0.05) is 24.3 Å². The first-order chi connectivity index (χ1) is 13.5. The largest absolute Gasteiger partial charge is 0.324 e. The van der Waals surface area contributed by atoms with Gasteiger partial charge in [0.05, 0.1) is 17.6 Å². The molecule has 2 aromatic heterocycles. The van der Waals surface area contributed by atoms with Crippen molar-refractivity contribution in [3.63, 3.8) is 0 Å². The van der Waals surface area contributed by atoms with Crippen LogP contribution in [0.5, 0.6) is 0 Å². The summed E-state index contributed by atoms with van der Waals surface area (Å²) in [5, 5.41) is 7.42. The summed E-state index contributed by atoms with van der Waals surface area (Å²) < 4.78 is 3.66. The van der Waals surface area contributed by atoms with Gasteiger partial charge >= 0.3 is 0 Å². The number of benzene rings is 2. The van der Waals surface area contributed by atoms with Crippen LogP contribution in [0.2, 0.25) is 0 Å². The molecular formula is C20H16BrN5O2. The molecule has 2 heterocycles. The highest BCUT2D eigenvalue weighted by Crippen LogP contribution is 2.23. The summed E-state index contributed by atoms with van der Waals surface area (Å²) >= 11 is 3.43. The summed E-state index contributed by atoms with van der Waals surface area (Å²) in [6.07, 6.45) is 2.85. The average Bonchev–Trinajstić information content (AvgIpc) is 3.12. The number of rotatable bonds is 4. The zero-order chi connectivity index (χ0) is 19.7. The monoisotopic (exact) mass is 437 g/mol. The van der Waals surface area contributed by atoms with Gasteiger partial charge in [0.15, 0.2) is 5.65 Å². The molecule has 28 heavy (non-hydrogen) atoms. The maximum Gasteiger partial charge on any atom is 0.264 e. The molecule has 0 aliphatic heterocycles. The number of para-hydroxylation sites is 1. The van der Waals surface area contributed by atoms with Crippen LogP contribution in [-0.2, 0) is 11.3 Å². The van der Waals surface area contributed by atoms with Gasteiger partial charge in [-0.05, 0) is 52.7 Å². The third-order valence-corrected chi connectivity index (χ3v) is 4.92. The number of fused-ring (bicyclic) bond motifs is 1. The van der Waals surface area contributed by atoms with Gasteiger partial charge in [0.2, 0.25) is 5.91 Å². The lowest BCUT2D eigenvalue weighted by atomic mass is 10.2. The molecule has 2 aromatic carbocycles. The van der Waals surface area contributed by atoms with Gasteiger partial charge < -0.3 is 5.32 Å². The van der Waals surface area contributed by atoms with Crippen LogP contribution >= 0.6 is 15.9 Å². The van der Waals surface area contributed by atoms with E-state index in [4.69, 9.17) is 0 Å². The minimum atomic E-state index is -0.316. The lowest BCUT2D eigenvalue weighted by Gasteiger charge is -2.09. The second-order valence-electron chi connectivity index (χ2n) is 6.34. The van der Waals surface area contributed by atoms with Crippen LogP contribution in [0.4, 0.5) is 5.69 Å². The topological polar surface area (TPSA) is 81.8 Å². The summed E-state index contributed by atoms with van der Waals surface area (Å²) in [5.74, 6) is -0.316. The molecule has 8 heteroatoms. The lowest BCUT2D eigenvalue weighted by Crippen LogP contribution is -2.28. The molecule has 0 spiro atoms. The fourth-order valence-corrected chi connectivity index (χ4v) is 3.48. The molecule has 0 atom stereocenters. The molecule has 4 aromatic rings. The highest BCUT2D eigenvalue weighted by molar-refractivity contribution is 9.10. The Morgan fingerprint density at radius 3 is 2.71 bits per heavy atom. The zero-order valence-electron chi connectivity index (χ0n) is 15.0. The summed E-state index contributed by atoms with van der Waals surface area (Å²) in [6, 6.07) is 15.1. The number of hydrogen-bond acceptors (Lipinski definition) is 4. The smallest absolute Gasteiger partial charge is 0.264 e. The molecule has 0 aliphatic carbocycles. The number of anilines is 1. The molecule has 1 amide bonds. The summed E-state index contributed by atoms with van der Waals surface area (Å²) in [4.78, 5) is 29.5. The number of nitrogens with zero attached hydrogens (tertiary/aromatic N) is 4. The number of amides is 1. The molecule has 4 rings (SSSR count). The Kier molecular flexibility index (Phi) is 4.79. The van der Waals surface area contributed by atoms with E-state index in [1.165, 1.54) is 17.1 Å². The van der Waals surface area contributed by atoms with E-state index in [0.29, 0.717) is 16.7 Å². The summed E-state index contributed by atoms with van der Waals surface area (Å²) in [6.45, 7) is 1.82. The second-order valence-corrected chi connectivity index (χ2v) is 7.19. The third-order valence-electron chi connectivity index (χ3n) is 4.27. The highest BCUT2D eigenvalue weighted by Gasteiger charge is 2.13. The Balaban J connectivity index is 1.60. The summed E-state index contributed by atoms with van der Waals surface area (Å²) in [5.41, 5.74) is 2.67. The van der Waals surface area contributed by atoms with Crippen LogP contribution in [0.15, 0.2) is 70.3 Å². The van der Waals surface area contributed by atoms with E-state index < -0.39 is 0 Å². The van der Waals surface area contributed by atoms with Crippen molar-refractivity contribution in [1.82, 2.24) is 19.3 Å². The Bertz CT molecular complexity index is 1230. The van der Waals surface area contributed by atoms with E-state index in [2.05, 4.69) is 31.3 Å². The van der Waals surface area contributed by atoms with Crippen LogP contribution in [0.25, 0.3) is 16.7 Å². The maximum atomic E-state index is 12.8. The molecule has 0 saturated heterocycles. The lowest BCUT2D eigenvalue weighted by molar-refractivity contribution is -0.116. The Labute approximate surface area is 168 Å². The molecule has 0 radical (unpaired) electrons. The maximum absolute atomic E-state index is 12.8. The first kappa shape index (κ1) is 18.1. The van der Waals surface area contributed by atoms with Crippen molar-refractivity contribution in [1.29, 1.82) is 0 Å². The van der Waals surface area contributed by atoms with Crippen molar-refractivity contribution in [2.45, 2.75) is 13.5 Å². The van der Waals surface area contributed by atoms with E-state index in [0.717, 1.165) is 15.7 Å². The number of aryl methyl sites for hydroxylation is 1. The van der Waals surface area contributed by atoms with E-state index in [1.54, 1.807) is 4.68 Å². The normalized spacial score (nSPS) is 10.9. The Hall–Kier alpha value is -3.26.